The molecule has 1 aliphatic heterocycles. The number of rotatable bonds is 6. The SMILES string of the molecule is Cc1cc(NC(=O)[C@H](C)Sc2nc3ccccc3c(=O)n2C[C@@H]2CCCO2)no1. The van der Waals surface area contributed by atoms with Crippen LogP contribution in [0.3, 0.4) is 0 Å². The summed E-state index contributed by atoms with van der Waals surface area (Å²) in [5, 5.41) is 7.08. The van der Waals surface area contributed by atoms with E-state index in [1.54, 1.807) is 36.6 Å². The van der Waals surface area contributed by atoms with E-state index >= 15 is 0 Å². The zero-order valence-corrected chi connectivity index (χ0v) is 17.1. The lowest BCUT2D eigenvalue weighted by molar-refractivity contribution is -0.115. The minimum absolute atomic E-state index is 0.0164. The summed E-state index contributed by atoms with van der Waals surface area (Å²) in [6, 6.07) is 8.90. The number of aromatic nitrogens is 3. The number of anilines is 1. The Morgan fingerprint density at radius 2 is 2.24 bits per heavy atom. The molecule has 152 valence electrons. The molecule has 0 bridgehead atoms. The number of nitrogens with one attached hydrogen (secondary N) is 1. The van der Waals surface area contributed by atoms with Gasteiger partial charge in [-0.3, -0.25) is 14.2 Å². The van der Waals surface area contributed by atoms with Gasteiger partial charge in [-0.1, -0.05) is 29.1 Å². The molecule has 1 N–H and O–H groups in total. The van der Waals surface area contributed by atoms with Crippen LogP contribution in [0.25, 0.3) is 10.9 Å². The van der Waals surface area contributed by atoms with Crippen LogP contribution in [0.2, 0.25) is 0 Å². The van der Waals surface area contributed by atoms with Crippen LogP contribution in [0.5, 0.6) is 0 Å². The molecule has 1 aromatic carbocycles. The maximum absolute atomic E-state index is 13.1. The third-order valence-electron chi connectivity index (χ3n) is 4.77. The van der Waals surface area contributed by atoms with Crippen molar-refractivity contribution in [2.75, 3.05) is 11.9 Å². The van der Waals surface area contributed by atoms with Gasteiger partial charge in [0.1, 0.15) is 5.76 Å². The van der Waals surface area contributed by atoms with Crippen LogP contribution in [0, 0.1) is 6.92 Å². The van der Waals surface area contributed by atoms with Crippen molar-refractivity contribution in [1.82, 2.24) is 14.7 Å². The Hall–Kier alpha value is -2.65. The highest BCUT2D eigenvalue weighted by atomic mass is 32.2. The van der Waals surface area contributed by atoms with Crippen molar-refractivity contribution in [3.8, 4) is 0 Å². The second-order valence-corrected chi connectivity index (χ2v) is 8.34. The first-order valence-electron chi connectivity index (χ1n) is 9.53. The molecule has 0 saturated carbocycles. The molecular weight excluding hydrogens is 392 g/mol. The summed E-state index contributed by atoms with van der Waals surface area (Å²) in [5.41, 5.74) is 0.497. The number of hydrogen-bond donors (Lipinski definition) is 1. The summed E-state index contributed by atoms with van der Waals surface area (Å²) in [6.07, 6.45) is 1.88. The van der Waals surface area contributed by atoms with Crippen LogP contribution in [0.1, 0.15) is 25.5 Å². The van der Waals surface area contributed by atoms with Gasteiger partial charge in [0.25, 0.3) is 5.56 Å². The molecule has 2 atom stereocenters. The van der Waals surface area contributed by atoms with Crippen molar-refractivity contribution < 1.29 is 14.1 Å². The van der Waals surface area contributed by atoms with E-state index in [0.717, 1.165) is 12.8 Å². The van der Waals surface area contributed by atoms with Crippen molar-refractivity contribution >= 4 is 34.4 Å². The lowest BCUT2D eigenvalue weighted by Crippen LogP contribution is -2.30. The molecule has 0 spiro atoms. The fourth-order valence-electron chi connectivity index (χ4n) is 3.26. The number of hydrogen-bond acceptors (Lipinski definition) is 7. The number of fused-ring (bicyclic) bond motifs is 1. The minimum Gasteiger partial charge on any atom is -0.376 e. The average molecular weight is 414 g/mol. The van der Waals surface area contributed by atoms with Crippen LogP contribution in [-0.4, -0.2) is 38.6 Å². The molecule has 8 nitrogen and oxygen atoms in total. The first kappa shape index (κ1) is 19.7. The maximum Gasteiger partial charge on any atom is 0.262 e. The molecule has 29 heavy (non-hydrogen) atoms. The van der Waals surface area contributed by atoms with Crippen LogP contribution in [0.15, 0.2) is 44.8 Å². The summed E-state index contributed by atoms with van der Waals surface area (Å²) >= 11 is 1.24. The van der Waals surface area contributed by atoms with Crippen molar-refractivity contribution in [2.24, 2.45) is 0 Å². The van der Waals surface area contributed by atoms with Crippen molar-refractivity contribution in [3.05, 3.63) is 46.4 Å². The predicted molar refractivity (Wildman–Crippen MR) is 110 cm³/mol. The molecule has 1 amide bonds. The van der Waals surface area contributed by atoms with Gasteiger partial charge in [0, 0.05) is 12.7 Å². The van der Waals surface area contributed by atoms with Gasteiger partial charge in [-0.25, -0.2) is 4.98 Å². The van der Waals surface area contributed by atoms with E-state index in [1.165, 1.54) is 11.8 Å². The highest BCUT2D eigenvalue weighted by Crippen LogP contribution is 2.25. The van der Waals surface area contributed by atoms with E-state index in [-0.39, 0.29) is 17.6 Å². The van der Waals surface area contributed by atoms with E-state index in [2.05, 4.69) is 15.5 Å². The Morgan fingerprint density at radius 3 is 2.97 bits per heavy atom. The number of aryl methyl sites for hydroxylation is 1. The quantitative estimate of drug-likeness (QED) is 0.489. The van der Waals surface area contributed by atoms with Crippen LogP contribution < -0.4 is 10.9 Å². The Balaban J connectivity index is 1.62. The highest BCUT2D eigenvalue weighted by Gasteiger charge is 2.23. The smallest absolute Gasteiger partial charge is 0.262 e. The summed E-state index contributed by atoms with van der Waals surface area (Å²) in [6.45, 7) is 4.66. The first-order chi connectivity index (χ1) is 14.0. The third kappa shape index (κ3) is 4.35. The Labute approximate surface area is 171 Å². The normalized spacial score (nSPS) is 17.5. The van der Waals surface area contributed by atoms with Gasteiger partial charge in [0.15, 0.2) is 11.0 Å². The fourth-order valence-corrected chi connectivity index (χ4v) is 4.17. The van der Waals surface area contributed by atoms with E-state index in [1.807, 2.05) is 12.1 Å². The van der Waals surface area contributed by atoms with Gasteiger partial charge in [0.05, 0.1) is 28.8 Å². The summed E-state index contributed by atoms with van der Waals surface area (Å²) in [7, 11) is 0. The number of carbonyl (C=O) groups excluding carboxylic acids is 1. The molecule has 0 radical (unpaired) electrons. The van der Waals surface area contributed by atoms with Gasteiger partial charge >= 0.3 is 0 Å². The molecule has 0 unspecified atom stereocenters. The highest BCUT2D eigenvalue weighted by molar-refractivity contribution is 8.00. The molecule has 9 heteroatoms. The van der Waals surface area contributed by atoms with E-state index in [0.29, 0.717) is 40.8 Å². The Bertz CT molecular complexity index is 1090. The maximum atomic E-state index is 13.1. The van der Waals surface area contributed by atoms with Crippen LogP contribution in [-0.2, 0) is 16.1 Å². The summed E-state index contributed by atoms with van der Waals surface area (Å²) < 4.78 is 12.3. The molecule has 3 heterocycles. The zero-order valence-electron chi connectivity index (χ0n) is 16.3. The third-order valence-corrected chi connectivity index (χ3v) is 5.86. The molecule has 0 aliphatic carbocycles. The first-order valence-corrected chi connectivity index (χ1v) is 10.4. The monoisotopic (exact) mass is 414 g/mol. The second-order valence-electron chi connectivity index (χ2n) is 7.03. The number of nitrogens with zero attached hydrogens (tertiary/aromatic N) is 3. The second kappa shape index (κ2) is 8.38. The fraction of sp³-hybridized carbons (Fsp3) is 0.400. The molecule has 4 rings (SSSR count). The average Bonchev–Trinajstić information content (AvgIpc) is 3.36. The number of benzene rings is 1. The van der Waals surface area contributed by atoms with E-state index < -0.39 is 5.25 Å². The zero-order chi connectivity index (χ0) is 20.4. The number of amides is 1. The van der Waals surface area contributed by atoms with Crippen LogP contribution in [0.4, 0.5) is 5.82 Å². The largest absolute Gasteiger partial charge is 0.376 e. The van der Waals surface area contributed by atoms with E-state index in [4.69, 9.17) is 9.26 Å². The lowest BCUT2D eigenvalue weighted by atomic mass is 10.2. The molecule has 3 aromatic rings. The van der Waals surface area contributed by atoms with E-state index in [9.17, 15) is 9.59 Å². The van der Waals surface area contributed by atoms with Crippen LogP contribution >= 0.6 is 11.8 Å². The molecule has 2 aromatic heterocycles. The molecule has 1 fully saturated rings. The predicted octanol–water partition coefficient (Wildman–Crippen LogP) is 2.99. The van der Waals surface area contributed by atoms with Crippen molar-refractivity contribution in [3.63, 3.8) is 0 Å². The van der Waals surface area contributed by atoms with Crippen molar-refractivity contribution in [2.45, 2.75) is 49.7 Å². The molecule has 1 aliphatic rings. The summed E-state index contributed by atoms with van der Waals surface area (Å²) in [5.74, 6) is 0.736. The van der Waals surface area contributed by atoms with Crippen molar-refractivity contribution in [1.29, 1.82) is 0 Å². The molecular formula is C20H22N4O4S. The number of para-hydroxylation sites is 1. The van der Waals surface area contributed by atoms with Gasteiger partial charge in [-0.15, -0.1) is 0 Å². The topological polar surface area (TPSA) is 99.2 Å². The van der Waals surface area contributed by atoms with Gasteiger partial charge in [0.2, 0.25) is 5.91 Å². The number of carbonyl (C=O) groups is 1. The minimum atomic E-state index is -0.490. The number of ether oxygens (including phenoxy) is 1. The molecule has 1 saturated heterocycles. The number of thioether (sulfide) groups is 1. The van der Waals surface area contributed by atoms with Gasteiger partial charge < -0.3 is 14.6 Å². The Kier molecular flexibility index (Phi) is 5.68. The van der Waals surface area contributed by atoms with Gasteiger partial charge in [-0.05, 0) is 38.8 Å². The Morgan fingerprint density at radius 1 is 1.41 bits per heavy atom. The standard InChI is InChI=1S/C20H22N4O4S/c1-12-10-17(23-28-12)22-18(25)13(2)29-20-21-16-8-4-3-7-15(16)19(26)24(20)11-14-6-5-9-27-14/h3-4,7-8,10,13-14H,5-6,9,11H2,1-2H3,(H,22,23,25)/t13-,14-/m0/s1. The summed E-state index contributed by atoms with van der Waals surface area (Å²) in [4.78, 5) is 30.4. The lowest BCUT2D eigenvalue weighted by Gasteiger charge is -2.18. The van der Waals surface area contributed by atoms with Gasteiger partial charge in [-0.2, -0.15) is 0 Å².